The van der Waals surface area contributed by atoms with Gasteiger partial charge in [0.1, 0.15) is 0 Å². The van der Waals surface area contributed by atoms with Crippen LogP contribution < -0.4 is 0 Å². The van der Waals surface area contributed by atoms with E-state index in [0.717, 1.165) is 11.8 Å². The Hall–Kier alpha value is 0. The summed E-state index contributed by atoms with van der Waals surface area (Å²) in [7, 11) is 0. The fourth-order valence-electron chi connectivity index (χ4n) is 3.14. The zero-order chi connectivity index (χ0) is 15.1. The van der Waals surface area contributed by atoms with Crippen LogP contribution in [0.15, 0.2) is 0 Å². The summed E-state index contributed by atoms with van der Waals surface area (Å²) in [5.74, 6) is 1.93. The molecule has 0 aliphatic rings. The van der Waals surface area contributed by atoms with E-state index >= 15 is 0 Å². The molecule has 0 amide bonds. The average Bonchev–Trinajstić information content (AvgIpc) is 2.47. The molecule has 0 N–H and O–H groups in total. The van der Waals surface area contributed by atoms with Gasteiger partial charge in [-0.1, -0.05) is 111 Å². The van der Waals surface area contributed by atoms with Gasteiger partial charge in [-0.05, 0) is 18.3 Å². The zero-order valence-electron chi connectivity index (χ0n) is 15.1. The number of rotatable bonds is 15. The van der Waals surface area contributed by atoms with Gasteiger partial charge in [0.15, 0.2) is 0 Å². The summed E-state index contributed by atoms with van der Waals surface area (Å²) >= 11 is 0. The predicted octanol–water partition coefficient (Wildman–Crippen LogP) is 7.76. The second-order valence-corrected chi connectivity index (χ2v) is 6.99. The summed E-state index contributed by atoms with van der Waals surface area (Å²) in [6.45, 7) is 9.42. The summed E-state index contributed by atoms with van der Waals surface area (Å²) in [5.41, 5.74) is 0. The van der Waals surface area contributed by atoms with E-state index in [-0.39, 0.29) is 0 Å². The maximum absolute atomic E-state index is 2.42. The van der Waals surface area contributed by atoms with Gasteiger partial charge in [-0.2, -0.15) is 0 Å². The fourth-order valence-corrected chi connectivity index (χ4v) is 3.14. The standard InChI is InChI=1S/C20H42/c1-5-8-9-10-11-12-13-14-15-16-17-20(7-3)18-19(4)6-2/h19-20H,5-18H2,1-4H3. The maximum Gasteiger partial charge on any atom is -0.0414 e. The van der Waals surface area contributed by atoms with Gasteiger partial charge in [-0.3, -0.25) is 0 Å². The van der Waals surface area contributed by atoms with E-state index in [4.69, 9.17) is 0 Å². The highest BCUT2D eigenvalue weighted by Gasteiger charge is 2.09. The Balaban J connectivity index is 3.29. The molecule has 0 saturated carbocycles. The molecule has 0 saturated heterocycles. The quantitative estimate of drug-likeness (QED) is 0.269. The van der Waals surface area contributed by atoms with Crippen LogP contribution in [0, 0.1) is 11.8 Å². The van der Waals surface area contributed by atoms with Crippen LogP contribution in [-0.2, 0) is 0 Å². The molecule has 122 valence electrons. The Labute approximate surface area is 130 Å². The molecule has 0 nitrogen and oxygen atoms in total. The molecule has 0 bridgehead atoms. The molecular weight excluding hydrogens is 240 g/mol. The molecule has 0 aliphatic carbocycles. The molecule has 2 unspecified atom stereocenters. The SMILES string of the molecule is CCCCCCCCCCCCC(CC)CC(C)CC. The molecule has 0 fully saturated rings. The second-order valence-electron chi connectivity index (χ2n) is 6.99. The van der Waals surface area contributed by atoms with Crippen molar-refractivity contribution in [3.8, 4) is 0 Å². The van der Waals surface area contributed by atoms with Gasteiger partial charge >= 0.3 is 0 Å². The molecule has 0 spiro atoms. The van der Waals surface area contributed by atoms with Gasteiger partial charge in [-0.15, -0.1) is 0 Å². The summed E-state index contributed by atoms with van der Waals surface area (Å²) in [6.07, 6.45) is 20.3. The minimum Gasteiger partial charge on any atom is -0.0654 e. The molecule has 0 aromatic rings. The van der Waals surface area contributed by atoms with Crippen molar-refractivity contribution in [1.82, 2.24) is 0 Å². The van der Waals surface area contributed by atoms with Crippen LogP contribution in [0.1, 0.15) is 118 Å². The first-order valence-electron chi connectivity index (χ1n) is 9.74. The highest BCUT2D eigenvalue weighted by molar-refractivity contribution is 4.62. The lowest BCUT2D eigenvalue weighted by Crippen LogP contribution is -2.05. The van der Waals surface area contributed by atoms with Gasteiger partial charge in [0.25, 0.3) is 0 Å². The van der Waals surface area contributed by atoms with E-state index in [1.165, 1.54) is 89.9 Å². The highest BCUT2D eigenvalue weighted by Crippen LogP contribution is 2.23. The summed E-state index contributed by atoms with van der Waals surface area (Å²) < 4.78 is 0. The first kappa shape index (κ1) is 20.0. The molecule has 0 aliphatic heterocycles. The van der Waals surface area contributed by atoms with Gasteiger partial charge in [0, 0.05) is 0 Å². The van der Waals surface area contributed by atoms with Gasteiger partial charge in [0.05, 0.1) is 0 Å². The number of hydrogen-bond donors (Lipinski definition) is 0. The topological polar surface area (TPSA) is 0 Å². The highest BCUT2D eigenvalue weighted by atomic mass is 14.2. The third-order valence-corrected chi connectivity index (χ3v) is 4.98. The van der Waals surface area contributed by atoms with E-state index in [0.29, 0.717) is 0 Å². The summed E-state index contributed by atoms with van der Waals surface area (Å²) in [4.78, 5) is 0. The van der Waals surface area contributed by atoms with Gasteiger partial charge in [0.2, 0.25) is 0 Å². The monoisotopic (exact) mass is 282 g/mol. The lowest BCUT2D eigenvalue weighted by atomic mass is 9.88. The third-order valence-electron chi connectivity index (χ3n) is 4.98. The van der Waals surface area contributed by atoms with Gasteiger partial charge < -0.3 is 0 Å². The van der Waals surface area contributed by atoms with E-state index in [1.54, 1.807) is 0 Å². The van der Waals surface area contributed by atoms with Gasteiger partial charge in [-0.25, -0.2) is 0 Å². The zero-order valence-corrected chi connectivity index (χ0v) is 15.1. The molecule has 20 heavy (non-hydrogen) atoms. The Kier molecular flexibility index (Phi) is 15.4. The lowest BCUT2D eigenvalue weighted by Gasteiger charge is -2.18. The Morgan fingerprint density at radius 2 is 1.10 bits per heavy atom. The predicted molar refractivity (Wildman–Crippen MR) is 94.3 cm³/mol. The smallest absolute Gasteiger partial charge is 0.0414 e. The minimum absolute atomic E-state index is 0.933. The van der Waals surface area contributed by atoms with Crippen LogP contribution in [0.25, 0.3) is 0 Å². The minimum atomic E-state index is 0.933. The van der Waals surface area contributed by atoms with Crippen molar-refractivity contribution < 1.29 is 0 Å². The first-order chi connectivity index (χ1) is 9.74. The third kappa shape index (κ3) is 13.0. The summed E-state index contributed by atoms with van der Waals surface area (Å²) in [6, 6.07) is 0. The largest absolute Gasteiger partial charge is 0.0654 e. The molecule has 0 radical (unpaired) electrons. The second kappa shape index (κ2) is 15.4. The van der Waals surface area contributed by atoms with Crippen LogP contribution >= 0.6 is 0 Å². The Morgan fingerprint density at radius 1 is 0.600 bits per heavy atom. The van der Waals surface area contributed by atoms with Crippen LogP contribution in [-0.4, -0.2) is 0 Å². The number of unbranched alkanes of at least 4 members (excludes halogenated alkanes) is 9. The lowest BCUT2D eigenvalue weighted by molar-refractivity contribution is 0.342. The van der Waals surface area contributed by atoms with Crippen molar-refractivity contribution in [1.29, 1.82) is 0 Å². The molecule has 0 heterocycles. The Bertz CT molecular complexity index is 173. The molecule has 2 atom stereocenters. The van der Waals surface area contributed by atoms with Crippen LogP contribution in [0.2, 0.25) is 0 Å². The maximum atomic E-state index is 2.42. The average molecular weight is 283 g/mol. The van der Waals surface area contributed by atoms with E-state index in [1.807, 2.05) is 0 Å². The molecule has 0 heteroatoms. The normalized spacial score (nSPS) is 14.4. The molecular formula is C20H42. The first-order valence-corrected chi connectivity index (χ1v) is 9.74. The fraction of sp³-hybridized carbons (Fsp3) is 1.00. The van der Waals surface area contributed by atoms with Crippen molar-refractivity contribution in [3.05, 3.63) is 0 Å². The van der Waals surface area contributed by atoms with Crippen LogP contribution in [0.3, 0.4) is 0 Å². The molecule has 0 aromatic carbocycles. The van der Waals surface area contributed by atoms with Crippen molar-refractivity contribution in [2.75, 3.05) is 0 Å². The van der Waals surface area contributed by atoms with Crippen LogP contribution in [0.5, 0.6) is 0 Å². The Morgan fingerprint density at radius 3 is 1.55 bits per heavy atom. The van der Waals surface area contributed by atoms with Crippen molar-refractivity contribution in [3.63, 3.8) is 0 Å². The van der Waals surface area contributed by atoms with E-state index < -0.39 is 0 Å². The van der Waals surface area contributed by atoms with E-state index in [9.17, 15) is 0 Å². The van der Waals surface area contributed by atoms with Crippen LogP contribution in [0.4, 0.5) is 0 Å². The molecule has 0 aromatic heterocycles. The van der Waals surface area contributed by atoms with Crippen molar-refractivity contribution in [2.45, 2.75) is 118 Å². The van der Waals surface area contributed by atoms with Crippen molar-refractivity contribution in [2.24, 2.45) is 11.8 Å². The molecule has 0 rings (SSSR count). The van der Waals surface area contributed by atoms with Crippen molar-refractivity contribution >= 4 is 0 Å². The summed E-state index contributed by atoms with van der Waals surface area (Å²) in [5, 5.41) is 0. The number of hydrogen-bond acceptors (Lipinski definition) is 0. The van der Waals surface area contributed by atoms with E-state index in [2.05, 4.69) is 27.7 Å².